The molecule has 1 fully saturated rings. The fourth-order valence-electron chi connectivity index (χ4n) is 0.858. The van der Waals surface area contributed by atoms with Crippen molar-refractivity contribution in [2.45, 2.75) is 18.9 Å². The van der Waals surface area contributed by atoms with Crippen molar-refractivity contribution >= 4 is 34.2 Å². The number of hydrogen-bond acceptors (Lipinski definition) is 2. The lowest BCUT2D eigenvalue weighted by Gasteiger charge is -2.06. The van der Waals surface area contributed by atoms with Gasteiger partial charge in [0.05, 0.1) is 9.67 Å². The molecule has 4 heteroatoms. The Labute approximate surface area is 89.4 Å². The van der Waals surface area contributed by atoms with Crippen LogP contribution in [0.2, 0.25) is 5.15 Å². The van der Waals surface area contributed by atoms with Crippen molar-refractivity contribution in [3.8, 4) is 5.75 Å². The monoisotopic (exact) mass is 295 g/mol. The zero-order chi connectivity index (χ0) is 8.55. The average molecular weight is 296 g/mol. The summed E-state index contributed by atoms with van der Waals surface area (Å²) in [6.45, 7) is 0. The van der Waals surface area contributed by atoms with E-state index in [0.717, 1.165) is 22.2 Å². The summed E-state index contributed by atoms with van der Waals surface area (Å²) in [7, 11) is 0. The number of rotatable bonds is 2. The van der Waals surface area contributed by atoms with Crippen LogP contribution in [0.5, 0.6) is 5.75 Å². The van der Waals surface area contributed by atoms with Crippen LogP contribution in [0.15, 0.2) is 12.3 Å². The molecule has 2 rings (SSSR count). The Morgan fingerprint density at radius 2 is 2.33 bits per heavy atom. The summed E-state index contributed by atoms with van der Waals surface area (Å²) in [4.78, 5) is 3.94. The fraction of sp³-hybridized carbons (Fsp3) is 0.375. The molecule has 0 saturated heterocycles. The Hall–Kier alpha value is -0.0300. The maximum absolute atomic E-state index is 5.82. The molecule has 0 amide bonds. The van der Waals surface area contributed by atoms with Crippen LogP contribution in [0.25, 0.3) is 0 Å². The highest BCUT2D eigenvalue weighted by Gasteiger charge is 2.24. The Bertz CT molecular complexity index is 301. The van der Waals surface area contributed by atoms with Gasteiger partial charge < -0.3 is 4.74 Å². The lowest BCUT2D eigenvalue weighted by molar-refractivity contribution is 0.300. The van der Waals surface area contributed by atoms with Gasteiger partial charge in [0.1, 0.15) is 10.9 Å². The van der Waals surface area contributed by atoms with E-state index in [9.17, 15) is 0 Å². The second-order valence-electron chi connectivity index (χ2n) is 2.73. The summed E-state index contributed by atoms with van der Waals surface area (Å²) >= 11 is 7.97. The van der Waals surface area contributed by atoms with Gasteiger partial charge in [0.25, 0.3) is 0 Å². The first-order valence-electron chi connectivity index (χ1n) is 3.74. The Kier molecular flexibility index (Phi) is 2.41. The number of nitrogens with zero attached hydrogens (tertiary/aromatic N) is 1. The topological polar surface area (TPSA) is 22.1 Å². The number of halogens is 2. The van der Waals surface area contributed by atoms with E-state index in [0.29, 0.717) is 11.3 Å². The molecule has 64 valence electrons. The summed E-state index contributed by atoms with van der Waals surface area (Å²) in [5, 5.41) is 0.522. The van der Waals surface area contributed by atoms with Crippen molar-refractivity contribution in [3.05, 3.63) is 21.0 Å². The maximum atomic E-state index is 5.82. The zero-order valence-corrected chi connectivity index (χ0v) is 9.17. The van der Waals surface area contributed by atoms with Crippen LogP contribution < -0.4 is 4.74 Å². The Morgan fingerprint density at radius 1 is 1.58 bits per heavy atom. The molecule has 1 aromatic heterocycles. The van der Waals surface area contributed by atoms with Crippen LogP contribution in [-0.4, -0.2) is 11.1 Å². The first kappa shape index (κ1) is 8.56. The van der Waals surface area contributed by atoms with Gasteiger partial charge in [0.15, 0.2) is 0 Å². The largest absolute Gasteiger partial charge is 0.489 e. The highest BCUT2D eigenvalue weighted by molar-refractivity contribution is 14.1. The van der Waals surface area contributed by atoms with E-state index in [2.05, 4.69) is 27.6 Å². The smallest absolute Gasteiger partial charge is 0.146 e. The molecule has 1 aromatic rings. The number of ether oxygens (including phenoxy) is 1. The molecule has 0 atom stereocenters. The lowest BCUT2D eigenvalue weighted by atomic mass is 10.4. The average Bonchev–Trinajstić information content (AvgIpc) is 2.83. The van der Waals surface area contributed by atoms with Crippen LogP contribution in [-0.2, 0) is 0 Å². The van der Waals surface area contributed by atoms with Gasteiger partial charge in [-0.3, -0.25) is 0 Å². The molecule has 0 bridgehead atoms. The van der Waals surface area contributed by atoms with E-state index >= 15 is 0 Å². The van der Waals surface area contributed by atoms with Gasteiger partial charge in [-0.25, -0.2) is 4.98 Å². The number of hydrogen-bond donors (Lipinski definition) is 0. The molecule has 0 spiro atoms. The third-order valence-corrected chi connectivity index (χ3v) is 3.28. The third-order valence-electron chi connectivity index (χ3n) is 1.63. The van der Waals surface area contributed by atoms with Crippen LogP contribution in [0.1, 0.15) is 12.8 Å². The van der Waals surface area contributed by atoms with E-state index in [1.165, 1.54) is 0 Å². The van der Waals surface area contributed by atoms with Gasteiger partial charge >= 0.3 is 0 Å². The zero-order valence-electron chi connectivity index (χ0n) is 6.26. The molecule has 0 N–H and O–H groups in total. The van der Waals surface area contributed by atoms with Crippen molar-refractivity contribution in [1.82, 2.24) is 4.98 Å². The minimum atomic E-state index is 0.414. The summed E-state index contributed by atoms with van der Waals surface area (Å²) in [5.41, 5.74) is 0. The molecule has 1 aliphatic rings. The van der Waals surface area contributed by atoms with Crippen molar-refractivity contribution in [1.29, 1.82) is 0 Å². The van der Waals surface area contributed by atoms with Crippen molar-refractivity contribution in [2.24, 2.45) is 0 Å². The molecule has 0 unspecified atom stereocenters. The van der Waals surface area contributed by atoms with Gasteiger partial charge in [-0.05, 0) is 41.5 Å². The van der Waals surface area contributed by atoms with Gasteiger partial charge in [-0.2, -0.15) is 0 Å². The van der Waals surface area contributed by atoms with Gasteiger partial charge in [-0.15, -0.1) is 0 Å². The standard InChI is InChI=1S/C8H7ClINO/c9-8-7(10)6(3-4-11-8)12-5-1-2-5/h3-5H,1-2H2. The van der Waals surface area contributed by atoms with Crippen LogP contribution >= 0.6 is 34.2 Å². The molecular weight excluding hydrogens is 288 g/mol. The summed E-state index contributed by atoms with van der Waals surface area (Å²) in [6.07, 6.45) is 4.41. The summed E-state index contributed by atoms with van der Waals surface area (Å²) in [5.74, 6) is 0.859. The highest BCUT2D eigenvalue weighted by Crippen LogP contribution is 2.31. The van der Waals surface area contributed by atoms with Gasteiger partial charge in [0, 0.05) is 6.20 Å². The van der Waals surface area contributed by atoms with Crippen molar-refractivity contribution in [2.75, 3.05) is 0 Å². The van der Waals surface area contributed by atoms with E-state index < -0.39 is 0 Å². The Morgan fingerprint density at radius 3 is 3.00 bits per heavy atom. The Balaban J connectivity index is 2.23. The quantitative estimate of drug-likeness (QED) is 0.618. The molecule has 1 heterocycles. The van der Waals surface area contributed by atoms with Crippen molar-refractivity contribution < 1.29 is 4.74 Å². The first-order chi connectivity index (χ1) is 5.77. The molecule has 12 heavy (non-hydrogen) atoms. The second-order valence-corrected chi connectivity index (χ2v) is 4.17. The van der Waals surface area contributed by atoms with E-state index in [4.69, 9.17) is 16.3 Å². The summed E-state index contributed by atoms with van der Waals surface area (Å²) < 4.78 is 6.51. The van der Waals surface area contributed by atoms with Crippen LogP contribution in [0.4, 0.5) is 0 Å². The minimum Gasteiger partial charge on any atom is -0.489 e. The number of pyridine rings is 1. The highest BCUT2D eigenvalue weighted by atomic mass is 127. The molecular formula is C8H7ClINO. The van der Waals surface area contributed by atoms with Crippen molar-refractivity contribution in [3.63, 3.8) is 0 Å². The SMILES string of the molecule is Clc1nccc(OC2CC2)c1I. The van der Waals surface area contributed by atoms with Crippen LogP contribution in [0.3, 0.4) is 0 Å². The molecule has 0 aromatic carbocycles. The minimum absolute atomic E-state index is 0.414. The van der Waals surface area contributed by atoms with E-state index in [1.54, 1.807) is 6.20 Å². The molecule has 2 nitrogen and oxygen atoms in total. The predicted octanol–water partition coefficient (Wildman–Crippen LogP) is 2.88. The molecule has 0 radical (unpaired) electrons. The predicted molar refractivity (Wildman–Crippen MR) is 55.6 cm³/mol. The lowest BCUT2D eigenvalue weighted by Crippen LogP contribution is -1.98. The fourth-order valence-corrected chi connectivity index (χ4v) is 1.45. The normalized spacial score (nSPS) is 16.2. The maximum Gasteiger partial charge on any atom is 0.146 e. The number of aromatic nitrogens is 1. The van der Waals surface area contributed by atoms with E-state index in [1.807, 2.05) is 6.07 Å². The molecule has 1 saturated carbocycles. The van der Waals surface area contributed by atoms with Gasteiger partial charge in [-0.1, -0.05) is 11.6 Å². The first-order valence-corrected chi connectivity index (χ1v) is 5.19. The van der Waals surface area contributed by atoms with E-state index in [-0.39, 0.29) is 0 Å². The second kappa shape index (κ2) is 3.38. The molecule has 1 aliphatic carbocycles. The van der Waals surface area contributed by atoms with Gasteiger partial charge in [0.2, 0.25) is 0 Å². The van der Waals surface area contributed by atoms with Crippen LogP contribution in [0, 0.1) is 3.57 Å². The summed E-state index contributed by atoms with van der Waals surface area (Å²) in [6, 6.07) is 1.85. The third kappa shape index (κ3) is 1.82. The molecule has 0 aliphatic heterocycles.